The first-order valence-corrected chi connectivity index (χ1v) is 10.1. The lowest BCUT2D eigenvalue weighted by Crippen LogP contribution is -2.50. The molecule has 8 nitrogen and oxygen atoms in total. The van der Waals surface area contributed by atoms with Crippen molar-refractivity contribution >= 4 is 15.9 Å². The molecule has 1 aliphatic heterocycles. The van der Waals surface area contributed by atoms with E-state index in [4.69, 9.17) is 0 Å². The molecule has 0 bridgehead atoms. The predicted molar refractivity (Wildman–Crippen MR) is 96.7 cm³/mol. The van der Waals surface area contributed by atoms with Crippen molar-refractivity contribution in [3.05, 3.63) is 48.3 Å². The van der Waals surface area contributed by atoms with E-state index in [2.05, 4.69) is 15.0 Å². The Balaban J connectivity index is 1.61. The van der Waals surface area contributed by atoms with Gasteiger partial charge in [-0.3, -0.25) is 4.79 Å². The summed E-state index contributed by atoms with van der Waals surface area (Å²) in [6, 6.07) is 4.34. The zero-order valence-electron chi connectivity index (χ0n) is 14.9. The third kappa shape index (κ3) is 4.52. The third-order valence-electron chi connectivity index (χ3n) is 4.48. The minimum absolute atomic E-state index is 0.0291. The van der Waals surface area contributed by atoms with Crippen molar-refractivity contribution in [1.82, 2.24) is 24.5 Å². The molecule has 2 heterocycles. The van der Waals surface area contributed by atoms with Crippen LogP contribution < -0.4 is 10.0 Å². The zero-order valence-corrected chi connectivity index (χ0v) is 15.7. The van der Waals surface area contributed by atoms with Gasteiger partial charge in [-0.05, 0) is 24.3 Å². The topological polar surface area (TPSA) is 96.3 Å². The van der Waals surface area contributed by atoms with E-state index in [1.54, 1.807) is 11.1 Å². The van der Waals surface area contributed by atoms with E-state index in [0.717, 1.165) is 18.0 Å². The maximum atomic E-state index is 12.9. The van der Waals surface area contributed by atoms with Crippen molar-refractivity contribution in [2.24, 2.45) is 7.05 Å². The van der Waals surface area contributed by atoms with Crippen molar-refractivity contribution in [1.29, 1.82) is 0 Å². The van der Waals surface area contributed by atoms with E-state index in [1.807, 2.05) is 17.8 Å². The van der Waals surface area contributed by atoms with Gasteiger partial charge in [0.25, 0.3) is 0 Å². The predicted octanol–water partition coefficient (Wildman–Crippen LogP) is 0.401. The lowest BCUT2D eigenvalue weighted by atomic mass is 10.1. The number of nitrogens with one attached hydrogen (secondary N) is 2. The van der Waals surface area contributed by atoms with Gasteiger partial charge in [0.15, 0.2) is 0 Å². The molecule has 0 saturated carbocycles. The van der Waals surface area contributed by atoms with Crippen molar-refractivity contribution < 1.29 is 17.6 Å². The number of aryl methyl sites for hydroxylation is 1. The molecule has 146 valence electrons. The quantitative estimate of drug-likeness (QED) is 0.738. The van der Waals surface area contributed by atoms with Crippen LogP contribution in [0.15, 0.2) is 41.6 Å². The van der Waals surface area contributed by atoms with E-state index in [1.165, 1.54) is 12.1 Å². The minimum Gasteiger partial charge on any atom is -0.336 e. The van der Waals surface area contributed by atoms with Crippen molar-refractivity contribution in [2.45, 2.75) is 17.4 Å². The Morgan fingerprint density at radius 3 is 2.78 bits per heavy atom. The van der Waals surface area contributed by atoms with Crippen LogP contribution in [-0.4, -0.2) is 55.0 Å². The molecule has 0 spiro atoms. The van der Waals surface area contributed by atoms with Gasteiger partial charge in [-0.2, -0.15) is 0 Å². The van der Waals surface area contributed by atoms with Gasteiger partial charge in [0.2, 0.25) is 15.9 Å². The minimum atomic E-state index is -3.78. The highest BCUT2D eigenvalue weighted by Gasteiger charge is 2.30. The molecule has 1 aliphatic rings. The second-order valence-corrected chi connectivity index (χ2v) is 8.07. The van der Waals surface area contributed by atoms with Gasteiger partial charge in [-0.15, -0.1) is 0 Å². The summed E-state index contributed by atoms with van der Waals surface area (Å²) < 4.78 is 41.6. The Hall–Kier alpha value is -2.30. The SMILES string of the molecule is Cn1ccnc1C1CNCCN1C(=O)CCNS(=O)(=O)c1ccc(F)cc1. The Labute approximate surface area is 157 Å². The number of hydrogen-bond donors (Lipinski definition) is 2. The smallest absolute Gasteiger partial charge is 0.240 e. The largest absolute Gasteiger partial charge is 0.336 e. The van der Waals surface area contributed by atoms with Crippen LogP contribution in [0.4, 0.5) is 4.39 Å². The van der Waals surface area contributed by atoms with E-state index in [9.17, 15) is 17.6 Å². The molecule has 10 heteroatoms. The summed E-state index contributed by atoms with van der Waals surface area (Å²) in [5.41, 5.74) is 0. The molecule has 0 radical (unpaired) electrons. The number of halogens is 1. The summed E-state index contributed by atoms with van der Waals surface area (Å²) in [5.74, 6) is 0.122. The monoisotopic (exact) mass is 395 g/mol. The van der Waals surface area contributed by atoms with E-state index in [-0.39, 0.29) is 29.8 Å². The van der Waals surface area contributed by atoms with E-state index >= 15 is 0 Å². The summed E-state index contributed by atoms with van der Waals surface area (Å²) in [6.45, 7) is 1.77. The molecule has 2 aromatic rings. The Kier molecular flexibility index (Phi) is 5.88. The van der Waals surface area contributed by atoms with Gasteiger partial charge >= 0.3 is 0 Å². The first-order chi connectivity index (χ1) is 12.9. The van der Waals surface area contributed by atoms with Crippen LogP contribution in [0.3, 0.4) is 0 Å². The molecule has 1 fully saturated rings. The molecule has 1 saturated heterocycles. The first kappa shape index (κ1) is 19.5. The highest BCUT2D eigenvalue weighted by molar-refractivity contribution is 7.89. The number of hydrogen-bond acceptors (Lipinski definition) is 5. The number of carbonyl (C=O) groups excluding carboxylic acids is 1. The Morgan fingerprint density at radius 1 is 1.37 bits per heavy atom. The maximum Gasteiger partial charge on any atom is 0.240 e. The first-order valence-electron chi connectivity index (χ1n) is 8.61. The molecule has 1 atom stereocenters. The molecule has 0 aliphatic carbocycles. The molecular formula is C17H22FN5O3S. The van der Waals surface area contributed by atoms with Crippen molar-refractivity contribution in [3.63, 3.8) is 0 Å². The summed E-state index contributed by atoms with van der Waals surface area (Å²) in [4.78, 5) is 18.7. The number of aromatic nitrogens is 2. The fourth-order valence-corrected chi connectivity index (χ4v) is 4.10. The summed E-state index contributed by atoms with van der Waals surface area (Å²) in [7, 11) is -1.91. The maximum absolute atomic E-state index is 12.9. The standard InChI is InChI=1S/C17H22FN5O3S/c1-22-10-9-20-17(22)15-12-19-8-11-23(15)16(24)6-7-21-27(25,26)14-4-2-13(18)3-5-14/h2-5,9-10,15,19,21H,6-8,11-12H2,1H3. The highest BCUT2D eigenvalue weighted by Crippen LogP contribution is 2.21. The fraction of sp³-hybridized carbons (Fsp3) is 0.412. The van der Waals surface area contributed by atoms with Gasteiger partial charge < -0.3 is 14.8 Å². The number of carbonyl (C=O) groups is 1. The average molecular weight is 395 g/mol. The highest BCUT2D eigenvalue weighted by atomic mass is 32.2. The normalized spacial score (nSPS) is 17.9. The number of nitrogens with zero attached hydrogens (tertiary/aromatic N) is 3. The molecular weight excluding hydrogens is 373 g/mol. The van der Waals surface area contributed by atoms with Crippen LogP contribution in [0.5, 0.6) is 0 Å². The zero-order chi connectivity index (χ0) is 19.4. The second kappa shape index (κ2) is 8.15. The van der Waals surface area contributed by atoms with Crippen molar-refractivity contribution in [3.8, 4) is 0 Å². The summed E-state index contributed by atoms with van der Waals surface area (Å²) in [5, 5.41) is 3.25. The van der Waals surface area contributed by atoms with Gasteiger partial charge in [0.1, 0.15) is 17.7 Å². The number of benzene rings is 1. The number of sulfonamides is 1. The van der Waals surface area contributed by atoms with E-state index < -0.39 is 15.8 Å². The number of piperazine rings is 1. The molecule has 1 aromatic carbocycles. The van der Waals surface area contributed by atoms with Crippen molar-refractivity contribution in [2.75, 3.05) is 26.2 Å². The molecule has 27 heavy (non-hydrogen) atoms. The van der Waals surface area contributed by atoms with Crippen LogP contribution >= 0.6 is 0 Å². The molecule has 2 N–H and O–H groups in total. The second-order valence-electron chi connectivity index (χ2n) is 6.31. The van der Waals surface area contributed by atoms with Crippen LogP contribution in [0.2, 0.25) is 0 Å². The van der Waals surface area contributed by atoms with Gasteiger partial charge in [0, 0.05) is 52.0 Å². The van der Waals surface area contributed by atoms with Gasteiger partial charge in [-0.25, -0.2) is 22.5 Å². The summed E-state index contributed by atoms with van der Waals surface area (Å²) >= 11 is 0. The molecule has 1 unspecified atom stereocenters. The Bertz CT molecular complexity index is 898. The average Bonchev–Trinajstić information content (AvgIpc) is 3.07. The van der Waals surface area contributed by atoms with Crippen LogP contribution in [-0.2, 0) is 21.9 Å². The van der Waals surface area contributed by atoms with Gasteiger partial charge in [0.05, 0.1) is 4.90 Å². The van der Waals surface area contributed by atoms with E-state index in [0.29, 0.717) is 19.6 Å². The number of rotatable bonds is 6. The molecule has 1 aromatic heterocycles. The van der Waals surface area contributed by atoms with Crippen LogP contribution in [0.1, 0.15) is 18.3 Å². The fourth-order valence-electron chi connectivity index (χ4n) is 3.06. The summed E-state index contributed by atoms with van der Waals surface area (Å²) in [6.07, 6.45) is 3.54. The number of imidazole rings is 1. The Morgan fingerprint density at radius 2 is 2.11 bits per heavy atom. The molecule has 3 rings (SSSR count). The van der Waals surface area contributed by atoms with Gasteiger partial charge in [-0.1, -0.05) is 0 Å². The van der Waals surface area contributed by atoms with Crippen LogP contribution in [0, 0.1) is 5.82 Å². The molecule has 1 amide bonds. The lowest BCUT2D eigenvalue weighted by Gasteiger charge is -2.35. The number of amides is 1. The van der Waals surface area contributed by atoms with Crippen LogP contribution in [0.25, 0.3) is 0 Å². The lowest BCUT2D eigenvalue weighted by molar-refractivity contribution is -0.134. The third-order valence-corrected chi connectivity index (χ3v) is 5.95.